The van der Waals surface area contributed by atoms with Gasteiger partial charge < -0.3 is 4.74 Å². The Morgan fingerprint density at radius 1 is 1.12 bits per heavy atom. The molecule has 0 bridgehead atoms. The van der Waals surface area contributed by atoms with Gasteiger partial charge >= 0.3 is 6.03 Å². The van der Waals surface area contributed by atoms with Gasteiger partial charge in [-0.1, -0.05) is 32.0 Å². The lowest BCUT2D eigenvalue weighted by atomic mass is 10.2. The molecule has 1 atom stereocenters. The molecule has 2 aromatic rings. The predicted molar refractivity (Wildman–Crippen MR) is 96.7 cm³/mol. The average molecular weight is 360 g/mol. The van der Waals surface area contributed by atoms with E-state index in [9.17, 15) is 10.0 Å². The zero-order valence-electron chi connectivity index (χ0n) is 14.5. The van der Waals surface area contributed by atoms with E-state index in [2.05, 4.69) is 5.43 Å². The van der Waals surface area contributed by atoms with Crippen LogP contribution in [0.25, 0.3) is 0 Å². The van der Waals surface area contributed by atoms with E-state index < -0.39 is 17.1 Å². The standard InChI is InChI=1S/C18H21N3O3S/c1-4-20(5-2)19-18(22)21(23)25-16-9-7-6-8-14(16)24-15-11-10-13(3)12-17(15)25/h6-12,23H,4-5H2,1-3H3/p+1. The molecule has 1 aliphatic rings. The van der Waals surface area contributed by atoms with Crippen LogP contribution in [0.3, 0.4) is 0 Å². The lowest BCUT2D eigenvalue weighted by molar-refractivity contribution is 0.0350. The number of nitrogens with zero attached hydrogens (tertiary/aromatic N) is 2. The first kappa shape index (κ1) is 17.6. The Hall–Kier alpha value is -2.22. The molecule has 0 fully saturated rings. The molecular weight excluding hydrogens is 338 g/mol. The van der Waals surface area contributed by atoms with Gasteiger partial charge in [-0.2, -0.15) is 0 Å². The summed E-state index contributed by atoms with van der Waals surface area (Å²) >= 11 is -0.975. The molecule has 0 aromatic heterocycles. The number of ether oxygens (including phenoxy) is 1. The van der Waals surface area contributed by atoms with Crippen molar-refractivity contribution in [2.75, 3.05) is 13.1 Å². The highest BCUT2D eigenvalue weighted by molar-refractivity contribution is 7.95. The third-order valence-corrected chi connectivity index (χ3v) is 5.95. The third-order valence-electron chi connectivity index (χ3n) is 3.95. The normalized spacial score (nSPS) is 15.2. The van der Waals surface area contributed by atoms with Gasteiger partial charge in [-0.15, -0.1) is 0 Å². The minimum absolute atomic E-state index is 0.559. The summed E-state index contributed by atoms with van der Waals surface area (Å²) in [4.78, 5) is 14.1. The Kier molecular flexibility index (Phi) is 5.17. The van der Waals surface area contributed by atoms with Crippen LogP contribution in [0.4, 0.5) is 4.79 Å². The predicted octanol–water partition coefficient (Wildman–Crippen LogP) is 3.71. The van der Waals surface area contributed by atoms with Gasteiger partial charge in [0.25, 0.3) is 0 Å². The van der Waals surface area contributed by atoms with Crippen LogP contribution in [0.5, 0.6) is 11.5 Å². The number of benzene rings is 2. The fourth-order valence-corrected chi connectivity index (χ4v) is 4.53. The van der Waals surface area contributed by atoms with Crippen LogP contribution >= 0.6 is 0 Å². The highest BCUT2D eigenvalue weighted by Crippen LogP contribution is 2.44. The number of carbonyl (C=O) groups is 1. The first-order valence-corrected chi connectivity index (χ1v) is 9.39. The number of hydrogen-bond acceptors (Lipinski definition) is 4. The van der Waals surface area contributed by atoms with Gasteiger partial charge in [0.1, 0.15) is 0 Å². The van der Waals surface area contributed by atoms with Crippen LogP contribution in [0.1, 0.15) is 19.4 Å². The molecule has 0 spiro atoms. The molecule has 132 valence electrons. The van der Waals surface area contributed by atoms with Crippen molar-refractivity contribution >= 4 is 17.1 Å². The number of para-hydroxylation sites is 1. The zero-order chi connectivity index (χ0) is 18.0. The molecule has 2 amide bonds. The SMILES string of the molecule is CCN(CC)NC(=O)N(O)[S+]1c2ccccc2Oc2ccc(C)cc21. The van der Waals surface area contributed by atoms with Crippen LogP contribution in [-0.2, 0) is 11.1 Å². The number of carbonyl (C=O) groups excluding carboxylic acids is 1. The first-order valence-electron chi connectivity index (χ1n) is 8.21. The van der Waals surface area contributed by atoms with Gasteiger partial charge in [-0.25, -0.2) is 15.0 Å². The van der Waals surface area contributed by atoms with E-state index in [1.54, 1.807) is 5.01 Å². The molecule has 0 saturated carbocycles. The van der Waals surface area contributed by atoms with Crippen molar-refractivity contribution in [3.05, 3.63) is 48.0 Å². The van der Waals surface area contributed by atoms with Crippen LogP contribution in [0.15, 0.2) is 52.3 Å². The van der Waals surface area contributed by atoms with Crippen LogP contribution in [0, 0.1) is 6.92 Å². The summed E-state index contributed by atoms with van der Waals surface area (Å²) in [6.45, 7) is 7.16. The molecule has 6 nitrogen and oxygen atoms in total. The minimum Gasteiger partial charge on any atom is -0.447 e. The van der Waals surface area contributed by atoms with Gasteiger partial charge in [0.05, 0.1) is 0 Å². The minimum atomic E-state index is -0.975. The van der Waals surface area contributed by atoms with Crippen LogP contribution < -0.4 is 10.2 Å². The van der Waals surface area contributed by atoms with Crippen molar-refractivity contribution in [3.8, 4) is 11.5 Å². The van der Waals surface area contributed by atoms with Gasteiger partial charge in [0.2, 0.25) is 20.9 Å². The molecule has 1 heterocycles. The van der Waals surface area contributed by atoms with E-state index in [1.165, 1.54) is 0 Å². The van der Waals surface area contributed by atoms with Gasteiger partial charge in [0, 0.05) is 29.7 Å². The van der Waals surface area contributed by atoms with Crippen LogP contribution in [0.2, 0.25) is 0 Å². The quantitative estimate of drug-likeness (QED) is 0.496. The summed E-state index contributed by atoms with van der Waals surface area (Å²) in [7, 11) is 0. The van der Waals surface area contributed by atoms with E-state index >= 15 is 0 Å². The number of hydrazine groups is 1. The number of urea groups is 1. The summed E-state index contributed by atoms with van der Waals surface area (Å²) in [5.74, 6) is 1.30. The Morgan fingerprint density at radius 2 is 1.80 bits per heavy atom. The second-order valence-electron chi connectivity index (χ2n) is 5.65. The summed E-state index contributed by atoms with van der Waals surface area (Å²) in [5, 5.41) is 12.5. The summed E-state index contributed by atoms with van der Waals surface area (Å²) in [6, 6.07) is 12.7. The number of rotatable bonds is 4. The molecule has 0 saturated heterocycles. The summed E-state index contributed by atoms with van der Waals surface area (Å²) in [6.07, 6.45) is 0. The van der Waals surface area contributed by atoms with E-state index in [4.69, 9.17) is 4.74 Å². The molecule has 25 heavy (non-hydrogen) atoms. The highest BCUT2D eigenvalue weighted by Gasteiger charge is 2.46. The summed E-state index contributed by atoms with van der Waals surface area (Å²) in [5.41, 5.74) is 3.76. The number of nitrogens with one attached hydrogen (secondary N) is 1. The monoisotopic (exact) mass is 360 g/mol. The molecule has 2 aromatic carbocycles. The Labute approximate surface area is 150 Å². The molecule has 7 heteroatoms. The molecule has 0 radical (unpaired) electrons. The number of hydroxylamine groups is 1. The summed E-state index contributed by atoms with van der Waals surface area (Å²) < 4.78 is 6.72. The molecule has 0 aliphatic carbocycles. The lowest BCUT2D eigenvalue weighted by Crippen LogP contribution is -2.50. The second-order valence-corrected chi connectivity index (χ2v) is 7.44. The average Bonchev–Trinajstić information content (AvgIpc) is 2.63. The second kappa shape index (κ2) is 7.35. The topological polar surface area (TPSA) is 65.0 Å². The fourth-order valence-electron chi connectivity index (χ4n) is 2.61. The van der Waals surface area contributed by atoms with Gasteiger partial charge in [0.15, 0.2) is 11.5 Å². The number of hydrogen-bond donors (Lipinski definition) is 2. The van der Waals surface area contributed by atoms with E-state index in [-0.39, 0.29) is 0 Å². The van der Waals surface area contributed by atoms with Gasteiger partial charge in [-0.3, -0.25) is 5.43 Å². The van der Waals surface area contributed by atoms with Crippen molar-refractivity contribution in [1.82, 2.24) is 14.9 Å². The maximum Gasteiger partial charge on any atom is 0.401 e. The highest BCUT2D eigenvalue weighted by atomic mass is 32.2. The first-order chi connectivity index (χ1) is 12.0. The third kappa shape index (κ3) is 3.44. The molecular formula is C18H22N3O3S+. The Balaban J connectivity index is 1.99. The maximum atomic E-state index is 12.6. The van der Waals surface area contributed by atoms with E-state index in [1.807, 2.05) is 63.2 Å². The van der Waals surface area contributed by atoms with E-state index in [0.29, 0.717) is 24.6 Å². The molecule has 1 unspecified atom stereocenters. The van der Waals surface area contributed by atoms with Crippen molar-refractivity contribution in [2.45, 2.75) is 30.6 Å². The van der Waals surface area contributed by atoms with Crippen molar-refractivity contribution in [1.29, 1.82) is 0 Å². The number of amides is 2. The van der Waals surface area contributed by atoms with Gasteiger partial charge in [-0.05, 0) is 24.6 Å². The number of fused-ring (bicyclic) bond motifs is 2. The number of aryl methyl sites for hydroxylation is 1. The van der Waals surface area contributed by atoms with Crippen molar-refractivity contribution < 1.29 is 14.7 Å². The zero-order valence-corrected chi connectivity index (χ0v) is 15.3. The Morgan fingerprint density at radius 3 is 2.52 bits per heavy atom. The largest absolute Gasteiger partial charge is 0.447 e. The fraction of sp³-hybridized carbons (Fsp3) is 0.278. The smallest absolute Gasteiger partial charge is 0.401 e. The van der Waals surface area contributed by atoms with Crippen molar-refractivity contribution in [3.63, 3.8) is 0 Å². The molecule has 2 N–H and O–H groups in total. The van der Waals surface area contributed by atoms with Crippen molar-refractivity contribution in [2.24, 2.45) is 0 Å². The maximum absolute atomic E-state index is 12.6. The molecule has 3 rings (SSSR count). The van der Waals surface area contributed by atoms with Crippen LogP contribution in [-0.4, -0.2) is 33.8 Å². The Bertz CT molecular complexity index is 780. The lowest BCUT2D eigenvalue weighted by Gasteiger charge is -2.25. The van der Waals surface area contributed by atoms with E-state index in [0.717, 1.165) is 19.8 Å². The molecule has 1 aliphatic heterocycles.